The van der Waals surface area contributed by atoms with Crippen molar-refractivity contribution < 1.29 is 24.2 Å². The molecule has 2 heterocycles. The zero-order valence-electron chi connectivity index (χ0n) is 12.7. The van der Waals surface area contributed by atoms with E-state index < -0.39 is 17.7 Å². The minimum Gasteiger partial charge on any atom is -0.477 e. The summed E-state index contributed by atoms with van der Waals surface area (Å²) in [6.07, 6.45) is -0.728. The molecule has 1 aliphatic heterocycles. The molecule has 1 saturated heterocycles. The van der Waals surface area contributed by atoms with Crippen LogP contribution >= 0.6 is 11.3 Å². The molecule has 0 saturated carbocycles. The summed E-state index contributed by atoms with van der Waals surface area (Å²) in [6, 6.07) is 0. The second-order valence-corrected chi connectivity index (χ2v) is 6.68. The van der Waals surface area contributed by atoms with Gasteiger partial charge in [0.05, 0.1) is 13.2 Å². The zero-order valence-corrected chi connectivity index (χ0v) is 13.5. The van der Waals surface area contributed by atoms with Gasteiger partial charge in [0.2, 0.25) is 0 Å². The van der Waals surface area contributed by atoms with E-state index in [2.05, 4.69) is 10.3 Å². The fourth-order valence-electron chi connectivity index (χ4n) is 1.83. The summed E-state index contributed by atoms with van der Waals surface area (Å²) < 4.78 is 10.4. The summed E-state index contributed by atoms with van der Waals surface area (Å²) in [7, 11) is 0. The first-order valence-electron chi connectivity index (χ1n) is 6.83. The predicted molar refractivity (Wildman–Crippen MR) is 82.0 cm³/mol. The number of nitrogens with one attached hydrogen (secondary N) is 1. The van der Waals surface area contributed by atoms with Gasteiger partial charge in [-0.3, -0.25) is 5.32 Å². The first-order chi connectivity index (χ1) is 10.3. The number of hydrogen-bond donors (Lipinski definition) is 2. The Kier molecular flexibility index (Phi) is 4.87. The second kappa shape index (κ2) is 6.49. The molecule has 9 heteroatoms. The van der Waals surface area contributed by atoms with Crippen molar-refractivity contribution in [3.63, 3.8) is 0 Å². The van der Waals surface area contributed by atoms with Crippen LogP contribution in [0.2, 0.25) is 0 Å². The van der Waals surface area contributed by atoms with E-state index >= 15 is 0 Å². The number of thiazole rings is 1. The van der Waals surface area contributed by atoms with Gasteiger partial charge in [0.15, 0.2) is 15.8 Å². The van der Waals surface area contributed by atoms with E-state index in [4.69, 9.17) is 9.47 Å². The van der Waals surface area contributed by atoms with Crippen LogP contribution in [-0.4, -0.2) is 54.1 Å². The van der Waals surface area contributed by atoms with Gasteiger partial charge in [-0.15, -0.1) is 0 Å². The maximum atomic E-state index is 11.8. The molecule has 122 valence electrons. The molecule has 0 bridgehead atoms. The van der Waals surface area contributed by atoms with Crippen LogP contribution in [0.4, 0.5) is 15.7 Å². The number of ether oxygens (including phenoxy) is 2. The highest BCUT2D eigenvalue weighted by atomic mass is 32.1. The summed E-state index contributed by atoms with van der Waals surface area (Å²) in [5.41, 5.74) is -0.670. The fourth-order valence-corrected chi connectivity index (χ4v) is 2.74. The molecule has 22 heavy (non-hydrogen) atoms. The molecule has 2 N–H and O–H groups in total. The highest BCUT2D eigenvalue weighted by Gasteiger charge is 2.25. The number of carboxylic acid groups (broad SMARTS) is 1. The molecular formula is C13H19N3O5S. The predicted octanol–water partition coefficient (Wildman–Crippen LogP) is 2.02. The van der Waals surface area contributed by atoms with Gasteiger partial charge < -0.3 is 19.5 Å². The average Bonchev–Trinajstić information content (AvgIpc) is 2.81. The lowest BCUT2D eigenvalue weighted by atomic mass is 10.2. The number of aromatic nitrogens is 1. The van der Waals surface area contributed by atoms with E-state index in [1.54, 1.807) is 20.8 Å². The van der Waals surface area contributed by atoms with Crippen molar-refractivity contribution in [1.29, 1.82) is 0 Å². The maximum Gasteiger partial charge on any atom is 0.413 e. The lowest BCUT2D eigenvalue weighted by molar-refractivity contribution is 0.0635. The van der Waals surface area contributed by atoms with Crippen molar-refractivity contribution in [2.45, 2.75) is 26.4 Å². The van der Waals surface area contributed by atoms with Crippen molar-refractivity contribution in [1.82, 2.24) is 4.98 Å². The molecular weight excluding hydrogens is 310 g/mol. The smallest absolute Gasteiger partial charge is 0.413 e. The lowest BCUT2D eigenvalue weighted by Gasteiger charge is -2.25. The van der Waals surface area contributed by atoms with Crippen LogP contribution in [0.15, 0.2) is 0 Å². The monoisotopic (exact) mass is 329 g/mol. The van der Waals surface area contributed by atoms with E-state index in [0.717, 1.165) is 11.3 Å². The van der Waals surface area contributed by atoms with E-state index in [-0.39, 0.29) is 10.7 Å². The van der Waals surface area contributed by atoms with E-state index in [0.29, 0.717) is 31.4 Å². The second-order valence-electron chi connectivity index (χ2n) is 5.71. The number of hydrogen-bond acceptors (Lipinski definition) is 7. The molecule has 0 radical (unpaired) electrons. The topological polar surface area (TPSA) is 101 Å². The molecule has 1 fully saturated rings. The third kappa shape index (κ3) is 4.31. The molecule has 8 nitrogen and oxygen atoms in total. The Morgan fingerprint density at radius 3 is 2.55 bits per heavy atom. The first kappa shape index (κ1) is 16.5. The van der Waals surface area contributed by atoms with Crippen LogP contribution < -0.4 is 10.2 Å². The Labute approximate surface area is 132 Å². The van der Waals surface area contributed by atoms with E-state index in [9.17, 15) is 14.7 Å². The van der Waals surface area contributed by atoms with Gasteiger partial charge in [-0.25, -0.2) is 14.6 Å². The summed E-state index contributed by atoms with van der Waals surface area (Å²) in [6.45, 7) is 7.59. The minimum absolute atomic E-state index is 0.00763. The van der Waals surface area contributed by atoms with Crippen LogP contribution in [0.3, 0.4) is 0 Å². The Balaban J connectivity index is 2.16. The summed E-state index contributed by atoms with van der Waals surface area (Å²) >= 11 is 1.02. The molecule has 1 aromatic rings. The number of amides is 1. The summed E-state index contributed by atoms with van der Waals surface area (Å²) in [5, 5.41) is 12.2. The van der Waals surface area contributed by atoms with Gasteiger partial charge in [0.1, 0.15) is 5.60 Å². The molecule has 1 aromatic heterocycles. The SMILES string of the molecule is CC(C)(C)OC(=O)Nc1nc(N2CCOCC2)sc1C(=O)O. The highest BCUT2D eigenvalue weighted by Crippen LogP contribution is 2.30. The minimum atomic E-state index is -1.14. The molecule has 0 unspecified atom stereocenters. The van der Waals surface area contributed by atoms with Gasteiger partial charge in [-0.05, 0) is 20.8 Å². The number of anilines is 2. The maximum absolute atomic E-state index is 11.8. The number of carbonyl (C=O) groups is 2. The van der Waals surface area contributed by atoms with Crippen molar-refractivity contribution in [3.8, 4) is 0 Å². The van der Waals surface area contributed by atoms with Gasteiger partial charge in [0.25, 0.3) is 0 Å². The third-order valence-corrected chi connectivity index (χ3v) is 3.82. The van der Waals surface area contributed by atoms with Gasteiger partial charge in [-0.2, -0.15) is 0 Å². The first-order valence-corrected chi connectivity index (χ1v) is 7.65. The number of nitrogens with zero attached hydrogens (tertiary/aromatic N) is 2. The zero-order chi connectivity index (χ0) is 16.3. The van der Waals surface area contributed by atoms with Gasteiger partial charge >= 0.3 is 12.1 Å². The molecule has 2 rings (SSSR count). The van der Waals surface area contributed by atoms with Gasteiger partial charge in [-0.1, -0.05) is 11.3 Å². The van der Waals surface area contributed by atoms with E-state index in [1.165, 1.54) is 0 Å². The molecule has 1 amide bonds. The number of carboxylic acids is 1. The largest absolute Gasteiger partial charge is 0.477 e. The lowest BCUT2D eigenvalue weighted by Crippen LogP contribution is -2.36. The number of aromatic carboxylic acids is 1. The number of rotatable bonds is 3. The van der Waals surface area contributed by atoms with Crippen LogP contribution in [0, 0.1) is 0 Å². The summed E-state index contributed by atoms with van der Waals surface area (Å²) in [5.74, 6) is -1.13. The molecule has 0 aliphatic carbocycles. The van der Waals surface area contributed by atoms with Gasteiger partial charge in [0, 0.05) is 13.1 Å². The molecule has 1 aliphatic rings. The van der Waals surface area contributed by atoms with Crippen LogP contribution in [0.5, 0.6) is 0 Å². The molecule has 0 aromatic carbocycles. The quantitative estimate of drug-likeness (QED) is 0.875. The Hall–Kier alpha value is -1.87. The fraction of sp³-hybridized carbons (Fsp3) is 0.615. The highest BCUT2D eigenvalue weighted by molar-refractivity contribution is 7.18. The van der Waals surface area contributed by atoms with Crippen molar-refractivity contribution >= 4 is 34.3 Å². The Bertz CT molecular complexity index is 561. The van der Waals surface area contributed by atoms with Crippen LogP contribution in [-0.2, 0) is 9.47 Å². The van der Waals surface area contributed by atoms with Crippen LogP contribution in [0.1, 0.15) is 30.4 Å². The number of carbonyl (C=O) groups excluding carboxylic acids is 1. The third-order valence-electron chi connectivity index (χ3n) is 2.71. The van der Waals surface area contributed by atoms with Crippen LogP contribution in [0.25, 0.3) is 0 Å². The number of morpholine rings is 1. The Morgan fingerprint density at radius 2 is 2.00 bits per heavy atom. The summed E-state index contributed by atoms with van der Waals surface area (Å²) in [4.78, 5) is 29.2. The average molecular weight is 329 g/mol. The van der Waals surface area contributed by atoms with Crippen molar-refractivity contribution in [2.24, 2.45) is 0 Å². The van der Waals surface area contributed by atoms with Crippen molar-refractivity contribution in [2.75, 3.05) is 36.5 Å². The standard InChI is InChI=1S/C13H19N3O5S/c1-13(2,3)21-12(19)15-9-8(10(17)18)22-11(14-9)16-4-6-20-7-5-16/h4-7H2,1-3H3,(H,15,19)(H,17,18). The molecule has 0 atom stereocenters. The van der Waals surface area contributed by atoms with E-state index in [1.807, 2.05) is 4.90 Å². The normalized spacial score (nSPS) is 15.5. The molecule has 0 spiro atoms. The Morgan fingerprint density at radius 1 is 1.36 bits per heavy atom. The van der Waals surface area contributed by atoms with Crippen molar-refractivity contribution in [3.05, 3.63) is 4.88 Å².